The molecule has 26 heavy (non-hydrogen) atoms. The van der Waals surface area contributed by atoms with Crippen LogP contribution < -0.4 is 9.80 Å². The molecule has 0 spiro atoms. The standard InChI is InChI=1S/C19H19ClN2O3S/c1-12-7-13(2)9-14(8-12)21-17-10-26(24,25)11-18(17)22(19(21)23)16-6-4-3-5-15(16)20/h3-9,17-18H,10-11H2,1-2H3/t17-,18-/m0/s1. The Labute approximate surface area is 158 Å². The van der Waals surface area contributed by atoms with Gasteiger partial charge in [0.1, 0.15) is 0 Å². The topological polar surface area (TPSA) is 57.7 Å². The van der Waals surface area contributed by atoms with Gasteiger partial charge in [0.05, 0.1) is 34.3 Å². The molecule has 0 aromatic heterocycles. The van der Waals surface area contributed by atoms with Crippen molar-refractivity contribution >= 4 is 38.8 Å². The van der Waals surface area contributed by atoms with Crippen LogP contribution in [0.4, 0.5) is 16.2 Å². The number of carbonyl (C=O) groups excluding carboxylic acids is 1. The third kappa shape index (κ3) is 2.77. The van der Waals surface area contributed by atoms with Gasteiger partial charge in [-0.05, 0) is 49.2 Å². The van der Waals surface area contributed by atoms with E-state index < -0.39 is 21.9 Å². The minimum atomic E-state index is -3.22. The fourth-order valence-electron chi connectivity index (χ4n) is 4.02. The summed E-state index contributed by atoms with van der Waals surface area (Å²) in [6, 6.07) is 11.8. The summed E-state index contributed by atoms with van der Waals surface area (Å²) in [5.74, 6) is -0.0761. The van der Waals surface area contributed by atoms with Crippen LogP contribution in [-0.2, 0) is 9.84 Å². The van der Waals surface area contributed by atoms with Crippen LogP contribution in [0.5, 0.6) is 0 Å². The lowest BCUT2D eigenvalue weighted by molar-refractivity contribution is 0.255. The molecule has 0 aliphatic carbocycles. The van der Waals surface area contributed by atoms with Crippen LogP contribution in [0, 0.1) is 13.8 Å². The van der Waals surface area contributed by atoms with Gasteiger partial charge in [-0.3, -0.25) is 9.80 Å². The van der Waals surface area contributed by atoms with E-state index in [1.54, 1.807) is 34.1 Å². The molecule has 0 bridgehead atoms. The van der Waals surface area contributed by atoms with Crippen LogP contribution in [0.2, 0.25) is 5.02 Å². The maximum absolute atomic E-state index is 13.3. The summed E-state index contributed by atoms with van der Waals surface area (Å²) in [4.78, 5) is 16.5. The molecule has 0 saturated carbocycles. The van der Waals surface area contributed by atoms with Gasteiger partial charge in [0.2, 0.25) is 0 Å². The number of anilines is 2. The van der Waals surface area contributed by atoms with Crippen molar-refractivity contribution in [1.29, 1.82) is 0 Å². The van der Waals surface area contributed by atoms with E-state index in [0.717, 1.165) is 16.8 Å². The van der Waals surface area contributed by atoms with E-state index in [-0.39, 0.29) is 17.5 Å². The van der Waals surface area contributed by atoms with Crippen molar-refractivity contribution in [3.05, 3.63) is 58.6 Å². The minimum Gasteiger partial charge on any atom is -0.288 e. The molecule has 2 aromatic rings. The average Bonchev–Trinajstić information content (AvgIpc) is 2.96. The van der Waals surface area contributed by atoms with E-state index in [9.17, 15) is 13.2 Å². The second kappa shape index (κ2) is 5.99. The number of carbonyl (C=O) groups is 1. The maximum Gasteiger partial charge on any atom is 0.329 e. The van der Waals surface area contributed by atoms with Crippen LogP contribution in [-0.4, -0.2) is 38.0 Å². The molecule has 136 valence electrons. The van der Waals surface area contributed by atoms with E-state index in [4.69, 9.17) is 11.6 Å². The number of halogens is 1. The molecule has 2 amide bonds. The molecule has 5 nitrogen and oxygen atoms in total. The predicted molar refractivity (Wildman–Crippen MR) is 104 cm³/mol. The highest BCUT2D eigenvalue weighted by Crippen LogP contribution is 2.40. The first-order valence-corrected chi connectivity index (χ1v) is 10.6. The first-order chi connectivity index (χ1) is 12.3. The molecule has 2 heterocycles. The molecule has 2 saturated heterocycles. The molecule has 0 N–H and O–H groups in total. The lowest BCUT2D eigenvalue weighted by Crippen LogP contribution is -2.38. The lowest BCUT2D eigenvalue weighted by Gasteiger charge is -2.24. The third-order valence-corrected chi connectivity index (χ3v) is 6.98. The van der Waals surface area contributed by atoms with Gasteiger partial charge >= 0.3 is 6.03 Å². The Morgan fingerprint density at radius 1 is 0.962 bits per heavy atom. The van der Waals surface area contributed by atoms with Crippen LogP contribution >= 0.6 is 11.6 Å². The van der Waals surface area contributed by atoms with E-state index in [1.165, 1.54) is 0 Å². The molecule has 2 atom stereocenters. The Bertz CT molecular complexity index is 985. The fraction of sp³-hybridized carbons (Fsp3) is 0.316. The summed E-state index contributed by atoms with van der Waals surface area (Å²) in [7, 11) is -3.22. The highest BCUT2D eigenvalue weighted by Gasteiger charge is 2.54. The maximum atomic E-state index is 13.3. The number of rotatable bonds is 2. The van der Waals surface area contributed by atoms with Crippen molar-refractivity contribution in [2.24, 2.45) is 0 Å². The van der Waals surface area contributed by atoms with E-state index in [2.05, 4.69) is 0 Å². The fourth-order valence-corrected chi connectivity index (χ4v) is 6.17. The summed E-state index contributed by atoms with van der Waals surface area (Å²) in [6.45, 7) is 3.93. The van der Waals surface area contributed by atoms with E-state index >= 15 is 0 Å². The molecule has 2 fully saturated rings. The van der Waals surface area contributed by atoms with Crippen molar-refractivity contribution in [2.75, 3.05) is 21.3 Å². The predicted octanol–water partition coefficient (Wildman–Crippen LogP) is 3.57. The Morgan fingerprint density at radius 3 is 2.15 bits per heavy atom. The average molecular weight is 391 g/mol. The van der Waals surface area contributed by atoms with Crippen molar-refractivity contribution < 1.29 is 13.2 Å². The van der Waals surface area contributed by atoms with Gasteiger partial charge in [0.25, 0.3) is 0 Å². The Balaban J connectivity index is 1.86. The largest absolute Gasteiger partial charge is 0.329 e. The Morgan fingerprint density at radius 2 is 1.54 bits per heavy atom. The minimum absolute atomic E-state index is 0.0304. The normalized spacial score (nSPS) is 24.2. The number of aryl methyl sites for hydroxylation is 2. The van der Waals surface area contributed by atoms with Crippen LogP contribution in [0.1, 0.15) is 11.1 Å². The quantitative estimate of drug-likeness (QED) is 0.736. The Kier molecular flexibility index (Phi) is 4.00. The highest BCUT2D eigenvalue weighted by molar-refractivity contribution is 7.91. The third-order valence-electron chi connectivity index (χ3n) is 4.97. The van der Waals surface area contributed by atoms with Gasteiger partial charge in [0.15, 0.2) is 9.84 Å². The van der Waals surface area contributed by atoms with E-state index in [0.29, 0.717) is 10.7 Å². The van der Waals surface area contributed by atoms with E-state index in [1.807, 2.05) is 32.0 Å². The highest BCUT2D eigenvalue weighted by atomic mass is 35.5. The second-order valence-corrected chi connectivity index (χ2v) is 9.59. The number of amides is 2. The molecule has 2 aliphatic heterocycles. The molecule has 2 aromatic carbocycles. The molecular weight excluding hydrogens is 372 g/mol. The molecule has 0 radical (unpaired) electrons. The number of hydrogen-bond acceptors (Lipinski definition) is 3. The first-order valence-electron chi connectivity index (χ1n) is 8.42. The molecular formula is C19H19ClN2O3S. The number of hydrogen-bond donors (Lipinski definition) is 0. The Hall–Kier alpha value is -2.05. The monoisotopic (exact) mass is 390 g/mol. The van der Waals surface area contributed by atoms with Crippen molar-refractivity contribution in [1.82, 2.24) is 0 Å². The zero-order chi connectivity index (χ0) is 18.6. The van der Waals surface area contributed by atoms with Gasteiger partial charge in [-0.25, -0.2) is 13.2 Å². The van der Waals surface area contributed by atoms with Gasteiger partial charge in [-0.2, -0.15) is 0 Å². The summed E-state index contributed by atoms with van der Waals surface area (Å²) in [5.41, 5.74) is 3.34. The van der Waals surface area contributed by atoms with Gasteiger partial charge in [0, 0.05) is 5.69 Å². The molecule has 0 unspecified atom stereocenters. The number of para-hydroxylation sites is 1. The summed E-state index contributed by atoms with van der Waals surface area (Å²) < 4.78 is 24.7. The SMILES string of the molecule is Cc1cc(C)cc(N2C(=O)N(c3ccccc3Cl)[C@H]3CS(=O)(=O)C[C@@H]32)c1. The summed E-state index contributed by atoms with van der Waals surface area (Å²) >= 11 is 6.31. The summed E-state index contributed by atoms with van der Waals surface area (Å²) in [6.07, 6.45) is 0. The van der Waals surface area contributed by atoms with Gasteiger partial charge < -0.3 is 0 Å². The van der Waals surface area contributed by atoms with Crippen molar-refractivity contribution in [2.45, 2.75) is 25.9 Å². The van der Waals surface area contributed by atoms with Crippen molar-refractivity contribution in [3.8, 4) is 0 Å². The molecule has 2 aliphatic rings. The smallest absolute Gasteiger partial charge is 0.288 e. The molecule has 7 heteroatoms. The lowest BCUT2D eigenvalue weighted by atomic mass is 10.1. The number of sulfone groups is 1. The number of benzene rings is 2. The van der Waals surface area contributed by atoms with Gasteiger partial charge in [-0.1, -0.05) is 29.8 Å². The second-order valence-electron chi connectivity index (χ2n) is 7.03. The van der Waals surface area contributed by atoms with Crippen LogP contribution in [0.15, 0.2) is 42.5 Å². The van der Waals surface area contributed by atoms with Crippen LogP contribution in [0.3, 0.4) is 0 Å². The zero-order valence-corrected chi connectivity index (χ0v) is 16.1. The molecule has 4 rings (SSSR count). The van der Waals surface area contributed by atoms with Crippen molar-refractivity contribution in [3.63, 3.8) is 0 Å². The number of nitrogens with zero attached hydrogens (tertiary/aromatic N) is 2. The summed E-state index contributed by atoms with van der Waals surface area (Å²) in [5, 5.41) is 0.436. The first kappa shape index (κ1) is 17.4. The number of fused-ring (bicyclic) bond motifs is 1. The van der Waals surface area contributed by atoms with Crippen LogP contribution in [0.25, 0.3) is 0 Å². The number of urea groups is 1. The zero-order valence-electron chi connectivity index (χ0n) is 14.5. The van der Waals surface area contributed by atoms with Gasteiger partial charge in [-0.15, -0.1) is 0 Å².